The largest absolute Gasteiger partial charge is 0.321 e. The van der Waals surface area contributed by atoms with E-state index in [0.717, 1.165) is 40.8 Å². The van der Waals surface area contributed by atoms with Gasteiger partial charge in [0.1, 0.15) is 5.82 Å². The van der Waals surface area contributed by atoms with Crippen LogP contribution in [0, 0.1) is 5.82 Å². The zero-order valence-corrected chi connectivity index (χ0v) is 18.1. The molecule has 2 N–H and O–H groups in total. The molecule has 0 amide bonds. The summed E-state index contributed by atoms with van der Waals surface area (Å²) in [4.78, 5) is 4.99. The topological polar surface area (TPSA) is 56.2 Å². The van der Waals surface area contributed by atoms with Crippen molar-refractivity contribution in [3.05, 3.63) is 103 Å². The zero-order valence-electron chi connectivity index (χ0n) is 18.1. The number of nitrogens with two attached hydrogens (primary N) is 1. The number of nitrogens with zero attached hydrogens (tertiary/aromatic N) is 3. The Kier molecular flexibility index (Phi) is 4.59. The minimum atomic E-state index is -0.285. The number of benzene rings is 3. The Labute approximate surface area is 191 Å². The van der Waals surface area contributed by atoms with Crippen LogP contribution in [0.2, 0.25) is 0 Å². The number of fused-ring (bicyclic) bond motifs is 1. The van der Waals surface area contributed by atoms with Crippen LogP contribution in [0.25, 0.3) is 39.3 Å². The predicted octanol–water partition coefficient (Wildman–Crippen LogP) is 6.21. The van der Waals surface area contributed by atoms with Crippen molar-refractivity contribution in [3.63, 3.8) is 0 Å². The first-order chi connectivity index (χ1) is 16.1. The van der Waals surface area contributed by atoms with Gasteiger partial charge in [0.25, 0.3) is 0 Å². The summed E-state index contributed by atoms with van der Waals surface area (Å²) in [7, 11) is 0. The highest BCUT2D eigenvalue weighted by atomic mass is 19.1. The first-order valence-electron chi connectivity index (χ1n) is 11.2. The summed E-state index contributed by atoms with van der Waals surface area (Å²) < 4.78 is 15.5. The van der Waals surface area contributed by atoms with Crippen LogP contribution in [0.3, 0.4) is 0 Å². The molecule has 3 aromatic carbocycles. The average Bonchev–Trinajstić information content (AvgIpc) is 3.26. The molecule has 5 heteroatoms. The molecule has 0 unspecified atom stereocenters. The van der Waals surface area contributed by atoms with E-state index in [1.165, 1.54) is 24.1 Å². The van der Waals surface area contributed by atoms with Crippen molar-refractivity contribution in [2.45, 2.75) is 24.8 Å². The molecule has 1 fully saturated rings. The molecule has 1 aliphatic carbocycles. The second kappa shape index (κ2) is 7.64. The summed E-state index contributed by atoms with van der Waals surface area (Å²) in [5.41, 5.74) is 13.6. The van der Waals surface area contributed by atoms with Crippen LogP contribution in [-0.4, -0.2) is 14.6 Å². The second-order valence-electron chi connectivity index (χ2n) is 8.80. The molecule has 162 valence electrons. The lowest BCUT2D eigenvalue weighted by atomic mass is 9.72. The maximum atomic E-state index is 13.8. The van der Waals surface area contributed by atoms with Gasteiger partial charge in [-0.25, -0.2) is 13.9 Å². The van der Waals surface area contributed by atoms with E-state index in [1.807, 2.05) is 36.5 Å². The SMILES string of the molecule is NC1(c2ccc(-c3nc4cc(-c5cccc(F)c5)nn4cc3-c3ccccc3)cc2)CCC1. The molecule has 0 spiro atoms. The lowest BCUT2D eigenvalue weighted by molar-refractivity contribution is 0.253. The number of halogens is 1. The van der Waals surface area contributed by atoms with Crippen molar-refractivity contribution in [3.8, 4) is 33.6 Å². The van der Waals surface area contributed by atoms with Gasteiger partial charge in [-0.2, -0.15) is 5.10 Å². The average molecular weight is 435 g/mol. The molecule has 4 nitrogen and oxygen atoms in total. The van der Waals surface area contributed by atoms with Crippen LogP contribution in [0.5, 0.6) is 0 Å². The Morgan fingerprint density at radius 2 is 1.58 bits per heavy atom. The van der Waals surface area contributed by atoms with Gasteiger partial charge in [-0.3, -0.25) is 0 Å². The molecule has 2 heterocycles. The summed E-state index contributed by atoms with van der Waals surface area (Å²) in [5, 5.41) is 4.68. The number of hydrogen-bond donors (Lipinski definition) is 1. The lowest BCUT2D eigenvalue weighted by Crippen LogP contribution is -2.43. The maximum Gasteiger partial charge on any atom is 0.156 e. The van der Waals surface area contributed by atoms with Crippen molar-refractivity contribution in [1.82, 2.24) is 14.6 Å². The van der Waals surface area contributed by atoms with Crippen LogP contribution < -0.4 is 5.73 Å². The van der Waals surface area contributed by atoms with E-state index in [1.54, 1.807) is 10.6 Å². The van der Waals surface area contributed by atoms with E-state index >= 15 is 0 Å². The van der Waals surface area contributed by atoms with Gasteiger partial charge >= 0.3 is 0 Å². The smallest absolute Gasteiger partial charge is 0.156 e. The standard InChI is InChI=1S/C28H23FN4/c29-23-9-4-8-21(16-23)25-17-26-31-27(20-10-12-22(13-11-20)28(30)14-5-15-28)24(18-33(26)32-25)19-6-2-1-3-7-19/h1-4,6-13,16-18H,5,14-15,30H2. The van der Waals surface area contributed by atoms with Crippen molar-refractivity contribution >= 4 is 5.65 Å². The third-order valence-corrected chi connectivity index (χ3v) is 6.63. The molecule has 6 rings (SSSR count). The van der Waals surface area contributed by atoms with Gasteiger partial charge in [0.05, 0.1) is 11.4 Å². The molecule has 0 radical (unpaired) electrons. The summed E-state index contributed by atoms with van der Waals surface area (Å²) in [5.74, 6) is -0.285. The fourth-order valence-electron chi connectivity index (χ4n) is 4.57. The zero-order chi connectivity index (χ0) is 22.4. The van der Waals surface area contributed by atoms with Crippen molar-refractivity contribution < 1.29 is 4.39 Å². The Balaban J connectivity index is 1.50. The highest BCUT2D eigenvalue weighted by Gasteiger charge is 2.34. The van der Waals surface area contributed by atoms with E-state index in [2.05, 4.69) is 41.5 Å². The van der Waals surface area contributed by atoms with Crippen LogP contribution in [0.1, 0.15) is 24.8 Å². The Morgan fingerprint density at radius 1 is 0.818 bits per heavy atom. The molecule has 1 aliphatic rings. The molecule has 2 aromatic heterocycles. The summed E-state index contributed by atoms with van der Waals surface area (Å²) >= 11 is 0. The highest BCUT2D eigenvalue weighted by Crippen LogP contribution is 2.40. The minimum absolute atomic E-state index is 0.191. The second-order valence-corrected chi connectivity index (χ2v) is 8.80. The van der Waals surface area contributed by atoms with Gasteiger partial charge in [-0.05, 0) is 42.5 Å². The predicted molar refractivity (Wildman–Crippen MR) is 129 cm³/mol. The van der Waals surface area contributed by atoms with Crippen molar-refractivity contribution in [2.75, 3.05) is 0 Å². The van der Waals surface area contributed by atoms with Crippen molar-refractivity contribution in [1.29, 1.82) is 0 Å². The molecule has 1 saturated carbocycles. The maximum absolute atomic E-state index is 13.8. The Bertz CT molecular complexity index is 1450. The summed E-state index contributed by atoms with van der Waals surface area (Å²) in [6.07, 6.45) is 5.25. The quantitative estimate of drug-likeness (QED) is 0.366. The third kappa shape index (κ3) is 3.51. The fourth-order valence-corrected chi connectivity index (χ4v) is 4.57. The van der Waals surface area contributed by atoms with E-state index in [4.69, 9.17) is 10.7 Å². The molecular weight excluding hydrogens is 411 g/mol. The van der Waals surface area contributed by atoms with Crippen molar-refractivity contribution in [2.24, 2.45) is 5.73 Å². The number of aromatic nitrogens is 3. The molecule has 0 saturated heterocycles. The highest BCUT2D eigenvalue weighted by molar-refractivity contribution is 5.82. The van der Waals surface area contributed by atoms with Gasteiger partial charge in [0, 0.05) is 34.5 Å². The molecule has 0 atom stereocenters. The third-order valence-electron chi connectivity index (χ3n) is 6.63. The monoisotopic (exact) mass is 434 g/mol. The normalized spacial score (nSPS) is 14.8. The Hall–Kier alpha value is -3.83. The molecule has 0 bridgehead atoms. The van der Waals surface area contributed by atoms with Crippen LogP contribution in [-0.2, 0) is 5.54 Å². The minimum Gasteiger partial charge on any atom is -0.321 e. The van der Waals surface area contributed by atoms with E-state index < -0.39 is 0 Å². The van der Waals surface area contributed by atoms with Gasteiger partial charge in [-0.15, -0.1) is 0 Å². The van der Waals surface area contributed by atoms with Crippen LogP contribution in [0.4, 0.5) is 4.39 Å². The fraction of sp³-hybridized carbons (Fsp3) is 0.143. The van der Waals surface area contributed by atoms with Gasteiger partial charge in [0.15, 0.2) is 5.65 Å². The van der Waals surface area contributed by atoms with Gasteiger partial charge in [-0.1, -0.05) is 66.7 Å². The van der Waals surface area contributed by atoms with E-state index in [-0.39, 0.29) is 11.4 Å². The summed E-state index contributed by atoms with van der Waals surface area (Å²) in [6.45, 7) is 0. The Morgan fingerprint density at radius 3 is 2.27 bits per heavy atom. The molecule has 5 aromatic rings. The lowest BCUT2D eigenvalue weighted by Gasteiger charge is -2.38. The number of rotatable bonds is 4. The first-order valence-corrected chi connectivity index (χ1v) is 11.2. The molecule has 33 heavy (non-hydrogen) atoms. The number of hydrogen-bond acceptors (Lipinski definition) is 3. The van der Waals surface area contributed by atoms with E-state index in [9.17, 15) is 4.39 Å². The van der Waals surface area contributed by atoms with Gasteiger partial charge < -0.3 is 5.73 Å². The molecule has 0 aliphatic heterocycles. The van der Waals surface area contributed by atoms with E-state index in [0.29, 0.717) is 11.3 Å². The van der Waals surface area contributed by atoms with Crippen LogP contribution >= 0.6 is 0 Å². The van der Waals surface area contributed by atoms with Crippen LogP contribution in [0.15, 0.2) is 91.1 Å². The molecular formula is C28H23FN4. The van der Waals surface area contributed by atoms with Gasteiger partial charge in [0.2, 0.25) is 0 Å². The summed E-state index contributed by atoms with van der Waals surface area (Å²) in [6, 6.07) is 27.0. The first kappa shape index (κ1) is 19.8.